The Morgan fingerprint density at radius 1 is 1.06 bits per heavy atom. The molecule has 0 saturated carbocycles. The summed E-state index contributed by atoms with van der Waals surface area (Å²) in [4.78, 5) is 0. The Labute approximate surface area is 103 Å². The molecule has 1 aliphatic rings. The molecule has 1 aliphatic heterocycles. The first-order valence-corrected chi connectivity index (χ1v) is 9.09. The monoisotopic (exact) mass is 284 g/mol. The Hall–Kier alpha value is -0.180. The van der Waals surface area contributed by atoms with E-state index in [1.54, 1.807) is 0 Å². The normalized spacial score (nSPS) is 19.4. The quantitative estimate of drug-likeness (QED) is 0.728. The highest BCUT2D eigenvalue weighted by Gasteiger charge is 2.23. The largest absolute Gasteiger partial charge is 0.215 e. The molecule has 0 aromatic rings. The summed E-state index contributed by atoms with van der Waals surface area (Å²) < 4.78 is 49.7. The minimum Gasteiger partial charge on any atom is -0.214 e. The zero-order chi connectivity index (χ0) is 12.9. The molecule has 1 rings (SSSR count). The van der Waals surface area contributed by atoms with Crippen molar-refractivity contribution in [1.29, 1.82) is 0 Å². The molecule has 0 unspecified atom stereocenters. The van der Waals surface area contributed by atoms with E-state index >= 15 is 0 Å². The van der Waals surface area contributed by atoms with Gasteiger partial charge in [0.15, 0.2) is 0 Å². The highest BCUT2D eigenvalue weighted by molar-refractivity contribution is 7.90. The first-order chi connectivity index (χ1) is 7.87. The lowest BCUT2D eigenvalue weighted by atomic mass is 10.2. The summed E-state index contributed by atoms with van der Waals surface area (Å²) >= 11 is 0. The maximum Gasteiger partial charge on any atom is 0.215 e. The Kier molecular flexibility index (Phi) is 5.36. The Morgan fingerprint density at radius 2 is 1.65 bits per heavy atom. The first kappa shape index (κ1) is 14.9. The third-order valence-electron chi connectivity index (χ3n) is 2.77. The van der Waals surface area contributed by atoms with Crippen molar-refractivity contribution in [2.45, 2.75) is 26.2 Å². The van der Waals surface area contributed by atoms with Gasteiger partial charge in [-0.3, -0.25) is 0 Å². The van der Waals surface area contributed by atoms with E-state index in [2.05, 4.69) is 4.72 Å². The molecule has 0 atom stereocenters. The van der Waals surface area contributed by atoms with Gasteiger partial charge in [-0.05, 0) is 19.8 Å². The van der Waals surface area contributed by atoms with Gasteiger partial charge in [0, 0.05) is 19.6 Å². The first-order valence-electron chi connectivity index (χ1n) is 5.82. The maximum atomic E-state index is 11.9. The molecule has 0 aliphatic carbocycles. The van der Waals surface area contributed by atoms with E-state index in [1.807, 2.05) is 0 Å². The molecule has 6 nitrogen and oxygen atoms in total. The topological polar surface area (TPSA) is 83.5 Å². The second-order valence-electron chi connectivity index (χ2n) is 4.07. The predicted molar refractivity (Wildman–Crippen MR) is 66.7 cm³/mol. The Balaban J connectivity index is 2.44. The fraction of sp³-hybridized carbons (Fsp3) is 1.00. The van der Waals surface area contributed by atoms with Crippen LogP contribution in [-0.4, -0.2) is 52.3 Å². The SMILES string of the molecule is CCS(=O)(=O)NCCS(=O)(=O)N1CCCCC1. The van der Waals surface area contributed by atoms with E-state index in [0.717, 1.165) is 19.3 Å². The summed E-state index contributed by atoms with van der Waals surface area (Å²) in [6, 6.07) is 0. The molecule has 8 heteroatoms. The Morgan fingerprint density at radius 3 is 2.18 bits per heavy atom. The third kappa shape index (κ3) is 4.90. The van der Waals surface area contributed by atoms with Gasteiger partial charge >= 0.3 is 0 Å². The highest BCUT2D eigenvalue weighted by Crippen LogP contribution is 2.12. The van der Waals surface area contributed by atoms with Crippen LogP contribution in [-0.2, 0) is 20.0 Å². The van der Waals surface area contributed by atoms with Crippen molar-refractivity contribution < 1.29 is 16.8 Å². The molecule has 1 heterocycles. The molecule has 0 amide bonds. The highest BCUT2D eigenvalue weighted by atomic mass is 32.2. The summed E-state index contributed by atoms with van der Waals surface area (Å²) in [5, 5.41) is 0. The number of rotatable bonds is 6. The maximum absolute atomic E-state index is 11.9. The van der Waals surface area contributed by atoms with E-state index in [-0.39, 0.29) is 18.1 Å². The van der Waals surface area contributed by atoms with Crippen LogP contribution in [0, 0.1) is 0 Å². The summed E-state index contributed by atoms with van der Waals surface area (Å²) in [6.45, 7) is 2.59. The number of piperidine rings is 1. The van der Waals surface area contributed by atoms with Gasteiger partial charge in [0.25, 0.3) is 0 Å². The zero-order valence-corrected chi connectivity index (χ0v) is 11.7. The number of sulfonamides is 2. The number of hydrogen-bond donors (Lipinski definition) is 1. The van der Waals surface area contributed by atoms with Gasteiger partial charge < -0.3 is 0 Å². The van der Waals surface area contributed by atoms with Gasteiger partial charge in [0.2, 0.25) is 20.0 Å². The predicted octanol–water partition coefficient (Wildman–Crippen LogP) is -0.259. The summed E-state index contributed by atoms with van der Waals surface area (Å²) in [5.74, 6) is -0.191. The van der Waals surface area contributed by atoms with Crippen LogP contribution in [0.5, 0.6) is 0 Å². The van der Waals surface area contributed by atoms with E-state index in [1.165, 1.54) is 11.2 Å². The minimum absolute atomic E-state index is 0.0310. The molecule has 0 bridgehead atoms. The average Bonchev–Trinajstić information content (AvgIpc) is 2.30. The smallest absolute Gasteiger partial charge is 0.214 e. The van der Waals surface area contributed by atoms with Crippen LogP contribution in [0.25, 0.3) is 0 Å². The van der Waals surface area contributed by atoms with Gasteiger partial charge in [-0.15, -0.1) is 0 Å². The van der Waals surface area contributed by atoms with Crippen molar-refractivity contribution >= 4 is 20.0 Å². The lowest BCUT2D eigenvalue weighted by molar-refractivity contribution is 0.346. The summed E-state index contributed by atoms with van der Waals surface area (Å²) in [5.41, 5.74) is 0. The van der Waals surface area contributed by atoms with Crippen LogP contribution < -0.4 is 4.72 Å². The second-order valence-corrected chi connectivity index (χ2v) is 8.26. The molecular weight excluding hydrogens is 264 g/mol. The zero-order valence-electron chi connectivity index (χ0n) is 10.1. The molecule has 102 valence electrons. The van der Waals surface area contributed by atoms with Crippen molar-refractivity contribution in [2.24, 2.45) is 0 Å². The molecular formula is C9H20N2O4S2. The van der Waals surface area contributed by atoms with Crippen molar-refractivity contribution in [3.63, 3.8) is 0 Å². The van der Waals surface area contributed by atoms with Crippen LogP contribution >= 0.6 is 0 Å². The van der Waals surface area contributed by atoms with Crippen LogP contribution in [0.2, 0.25) is 0 Å². The lowest BCUT2D eigenvalue weighted by Gasteiger charge is -2.25. The molecule has 1 fully saturated rings. The van der Waals surface area contributed by atoms with E-state index in [9.17, 15) is 16.8 Å². The van der Waals surface area contributed by atoms with Crippen LogP contribution in [0.1, 0.15) is 26.2 Å². The lowest BCUT2D eigenvalue weighted by Crippen LogP contribution is -2.40. The van der Waals surface area contributed by atoms with Gasteiger partial charge in [-0.25, -0.2) is 25.9 Å². The van der Waals surface area contributed by atoms with E-state index in [4.69, 9.17) is 0 Å². The summed E-state index contributed by atoms with van der Waals surface area (Å²) in [6.07, 6.45) is 2.84. The minimum atomic E-state index is -3.31. The van der Waals surface area contributed by atoms with Crippen molar-refractivity contribution in [2.75, 3.05) is 31.1 Å². The van der Waals surface area contributed by atoms with Crippen molar-refractivity contribution in [3.05, 3.63) is 0 Å². The van der Waals surface area contributed by atoms with Gasteiger partial charge in [-0.2, -0.15) is 0 Å². The van der Waals surface area contributed by atoms with E-state index < -0.39 is 20.0 Å². The van der Waals surface area contributed by atoms with Crippen molar-refractivity contribution in [3.8, 4) is 0 Å². The molecule has 0 aromatic heterocycles. The molecule has 1 saturated heterocycles. The standard InChI is InChI=1S/C9H20N2O4S2/c1-2-16(12,13)10-6-9-17(14,15)11-7-4-3-5-8-11/h10H,2-9H2,1H3. The molecule has 0 spiro atoms. The van der Waals surface area contributed by atoms with Crippen molar-refractivity contribution in [1.82, 2.24) is 9.03 Å². The number of nitrogens with one attached hydrogen (secondary N) is 1. The molecule has 17 heavy (non-hydrogen) atoms. The van der Waals surface area contributed by atoms with Crippen LogP contribution in [0.15, 0.2) is 0 Å². The fourth-order valence-corrected chi connectivity index (χ4v) is 3.88. The van der Waals surface area contributed by atoms with Crippen LogP contribution in [0.4, 0.5) is 0 Å². The summed E-state index contributed by atoms with van der Waals surface area (Å²) in [7, 11) is -6.61. The van der Waals surface area contributed by atoms with Gasteiger partial charge in [0.05, 0.1) is 11.5 Å². The van der Waals surface area contributed by atoms with Gasteiger partial charge in [-0.1, -0.05) is 6.42 Å². The third-order valence-corrected chi connectivity index (χ3v) is 6.05. The Bertz CT molecular complexity index is 424. The van der Waals surface area contributed by atoms with Crippen LogP contribution in [0.3, 0.4) is 0 Å². The van der Waals surface area contributed by atoms with E-state index in [0.29, 0.717) is 13.1 Å². The molecule has 1 N–H and O–H groups in total. The molecule has 0 aromatic carbocycles. The number of nitrogens with zero attached hydrogens (tertiary/aromatic N) is 1. The average molecular weight is 284 g/mol. The second kappa shape index (κ2) is 6.12. The fourth-order valence-electron chi connectivity index (χ4n) is 1.70. The molecule has 0 radical (unpaired) electrons. The number of hydrogen-bond acceptors (Lipinski definition) is 4. The van der Waals surface area contributed by atoms with Gasteiger partial charge in [0.1, 0.15) is 0 Å².